The van der Waals surface area contributed by atoms with E-state index in [1.54, 1.807) is 0 Å². The summed E-state index contributed by atoms with van der Waals surface area (Å²) in [6.07, 6.45) is 23.0. The Kier molecular flexibility index (Phi) is 14.6. The van der Waals surface area contributed by atoms with Crippen LogP contribution in [0.5, 0.6) is 0 Å². The van der Waals surface area contributed by atoms with Gasteiger partial charge in [0.1, 0.15) is 0 Å². The van der Waals surface area contributed by atoms with Crippen molar-refractivity contribution < 1.29 is 18.9 Å². The third-order valence-electron chi connectivity index (χ3n) is 15.0. The van der Waals surface area contributed by atoms with Crippen molar-refractivity contribution in [1.82, 2.24) is 0 Å². The zero-order valence-corrected chi connectivity index (χ0v) is 31.7. The fourth-order valence-corrected chi connectivity index (χ4v) is 12.2. The molecule has 3 unspecified atom stereocenters. The smallest absolute Gasteiger partial charge is 0.0637 e. The van der Waals surface area contributed by atoms with Gasteiger partial charge in [-0.3, -0.25) is 0 Å². The predicted octanol–water partition coefficient (Wildman–Crippen LogP) is 7.61. The molecule has 0 heterocycles. The highest BCUT2D eigenvalue weighted by Gasteiger charge is 2.69. The van der Waals surface area contributed by atoms with Gasteiger partial charge in [-0.15, -0.1) is 0 Å². The number of rotatable bonds is 21. The maximum atomic E-state index is 7.09. The van der Waals surface area contributed by atoms with Gasteiger partial charge in [-0.05, 0) is 144 Å². The molecule has 5 aliphatic carbocycles. The Balaban J connectivity index is 1.37. The van der Waals surface area contributed by atoms with E-state index in [0.29, 0.717) is 73.0 Å². The fraction of sp³-hybridized carbons (Fsp3) is 1.00. The van der Waals surface area contributed by atoms with Crippen LogP contribution in [-0.4, -0.2) is 70.5 Å². The van der Waals surface area contributed by atoms with Crippen LogP contribution < -0.4 is 17.2 Å². The maximum Gasteiger partial charge on any atom is 0.0637 e. The molecule has 5 aliphatic rings. The first-order chi connectivity index (χ1) is 23.3. The first-order valence-electron chi connectivity index (χ1n) is 20.8. The number of nitrogens with two attached hydrogens (primary N) is 3. The van der Waals surface area contributed by atoms with Crippen LogP contribution in [0.15, 0.2) is 0 Å². The molecule has 7 heteroatoms. The van der Waals surface area contributed by atoms with Gasteiger partial charge in [0.05, 0.1) is 24.4 Å². The highest BCUT2D eigenvalue weighted by atomic mass is 16.5. The average molecular weight is 676 g/mol. The summed E-state index contributed by atoms with van der Waals surface area (Å²) in [7, 11) is 0. The Morgan fingerprint density at radius 3 is 1.88 bits per heavy atom. The van der Waals surface area contributed by atoms with Crippen molar-refractivity contribution >= 4 is 0 Å². The molecule has 7 nitrogen and oxygen atoms in total. The molecule has 5 saturated carbocycles. The lowest BCUT2D eigenvalue weighted by Crippen LogP contribution is -2.65. The van der Waals surface area contributed by atoms with Crippen LogP contribution in [0.2, 0.25) is 0 Å². The van der Waals surface area contributed by atoms with E-state index in [-0.39, 0.29) is 16.9 Å². The summed E-state index contributed by atoms with van der Waals surface area (Å²) in [5, 5.41) is 0. The molecule has 0 aliphatic heterocycles. The Morgan fingerprint density at radius 2 is 1.19 bits per heavy atom. The van der Waals surface area contributed by atoms with Gasteiger partial charge in [0, 0.05) is 31.8 Å². The molecular weight excluding hydrogens is 598 g/mol. The summed E-state index contributed by atoms with van der Waals surface area (Å²) >= 11 is 0. The molecule has 0 amide bonds. The minimum absolute atomic E-state index is 0.119. The summed E-state index contributed by atoms with van der Waals surface area (Å²) in [6.45, 7) is 15.5. The molecule has 6 N–H and O–H groups in total. The normalized spacial score (nSPS) is 42.2. The third kappa shape index (κ3) is 8.03. The lowest BCUT2D eigenvalue weighted by Gasteiger charge is -2.66. The summed E-state index contributed by atoms with van der Waals surface area (Å²) in [4.78, 5) is 0. The quantitative estimate of drug-likeness (QED) is 0.107. The fourth-order valence-electron chi connectivity index (χ4n) is 12.2. The van der Waals surface area contributed by atoms with E-state index in [1.165, 1.54) is 77.0 Å². The van der Waals surface area contributed by atoms with Crippen LogP contribution in [0.1, 0.15) is 143 Å². The van der Waals surface area contributed by atoms with Gasteiger partial charge in [0.25, 0.3) is 0 Å². The van der Waals surface area contributed by atoms with E-state index in [2.05, 4.69) is 27.7 Å². The molecule has 0 bridgehead atoms. The monoisotopic (exact) mass is 676 g/mol. The zero-order valence-electron chi connectivity index (χ0n) is 31.7. The molecule has 0 aromatic heterocycles. The van der Waals surface area contributed by atoms with Crippen molar-refractivity contribution in [2.24, 2.45) is 63.0 Å². The number of hydrogen-bond donors (Lipinski definition) is 3. The Morgan fingerprint density at radius 1 is 0.562 bits per heavy atom. The zero-order chi connectivity index (χ0) is 34.2. The van der Waals surface area contributed by atoms with Crippen molar-refractivity contribution in [2.45, 2.75) is 168 Å². The SMILES string of the molecule is CCCCCCCCOC1CC[C@]1(C)[C@H]1CC[C@H]2C3[C@H](OCCCN)CC4C[C@H](OCCCN)CC[C@]4(C)[C@H]3C[C@H](OCCCN)[C@@]21C. The van der Waals surface area contributed by atoms with Crippen LogP contribution in [0.3, 0.4) is 0 Å². The second-order valence-corrected chi connectivity index (χ2v) is 17.6. The second-order valence-electron chi connectivity index (χ2n) is 17.6. The minimum Gasteiger partial charge on any atom is -0.378 e. The Hall–Kier alpha value is -0.280. The molecule has 0 saturated heterocycles. The number of unbranched alkanes of at least 4 members (excludes halogenated alkanes) is 5. The standard InChI is InChI=1S/C41H77N3O4/c1-5-6-7-8-9-10-23-47-36-17-19-40(36,3)35-15-14-32-38-33(29-37(41(32,35)4)48-26-13-22-44)39(2)18-16-31(45-24-11-20-42)27-30(39)28-34(38)46-25-12-21-43/h30-38H,5-29,42-44H2,1-4H3/t30?,31-,32+,33+,34-,35-,36?,37+,38?,39+,40-,41+/m1/s1. The molecule has 0 aromatic carbocycles. The van der Waals surface area contributed by atoms with E-state index in [4.69, 9.17) is 36.1 Å². The molecule has 12 atom stereocenters. The highest BCUT2D eigenvalue weighted by molar-refractivity contribution is 5.18. The molecular formula is C41H77N3O4. The van der Waals surface area contributed by atoms with Crippen molar-refractivity contribution in [3.05, 3.63) is 0 Å². The van der Waals surface area contributed by atoms with E-state index in [9.17, 15) is 0 Å². The summed E-state index contributed by atoms with van der Waals surface area (Å²) < 4.78 is 27.3. The number of ether oxygens (including phenoxy) is 4. The lowest BCUT2D eigenvalue weighted by atomic mass is 9.41. The first-order valence-corrected chi connectivity index (χ1v) is 20.8. The molecule has 0 aromatic rings. The molecule has 48 heavy (non-hydrogen) atoms. The number of hydrogen-bond acceptors (Lipinski definition) is 7. The van der Waals surface area contributed by atoms with Crippen LogP contribution in [-0.2, 0) is 18.9 Å². The molecule has 0 spiro atoms. The molecule has 0 radical (unpaired) electrons. The van der Waals surface area contributed by atoms with Crippen molar-refractivity contribution in [2.75, 3.05) is 46.1 Å². The van der Waals surface area contributed by atoms with Gasteiger partial charge in [-0.1, -0.05) is 59.8 Å². The molecule has 5 fully saturated rings. The number of fused-ring (bicyclic) bond motifs is 5. The Labute approximate surface area is 295 Å². The van der Waals surface area contributed by atoms with Crippen LogP contribution in [0.4, 0.5) is 0 Å². The maximum absolute atomic E-state index is 7.09. The topological polar surface area (TPSA) is 115 Å². The largest absolute Gasteiger partial charge is 0.378 e. The van der Waals surface area contributed by atoms with E-state index >= 15 is 0 Å². The van der Waals surface area contributed by atoms with E-state index < -0.39 is 0 Å². The highest BCUT2D eigenvalue weighted by Crippen LogP contribution is 2.72. The summed E-state index contributed by atoms with van der Waals surface area (Å²) in [6, 6.07) is 0. The van der Waals surface area contributed by atoms with Gasteiger partial charge in [0.15, 0.2) is 0 Å². The van der Waals surface area contributed by atoms with Gasteiger partial charge in [-0.2, -0.15) is 0 Å². The van der Waals surface area contributed by atoms with Gasteiger partial charge in [-0.25, -0.2) is 0 Å². The van der Waals surface area contributed by atoms with Crippen LogP contribution in [0, 0.1) is 45.8 Å². The Bertz CT molecular complexity index is 955. The van der Waals surface area contributed by atoms with E-state index in [1.807, 2.05) is 0 Å². The minimum atomic E-state index is 0.119. The van der Waals surface area contributed by atoms with Crippen LogP contribution >= 0.6 is 0 Å². The summed E-state index contributed by atoms with van der Waals surface area (Å²) in [5.74, 6) is 3.03. The first kappa shape index (κ1) is 38.9. The van der Waals surface area contributed by atoms with Crippen molar-refractivity contribution in [1.29, 1.82) is 0 Å². The molecule has 280 valence electrons. The van der Waals surface area contributed by atoms with Gasteiger partial charge in [0.2, 0.25) is 0 Å². The van der Waals surface area contributed by atoms with Crippen LogP contribution in [0.25, 0.3) is 0 Å². The third-order valence-corrected chi connectivity index (χ3v) is 15.0. The lowest BCUT2D eigenvalue weighted by molar-refractivity contribution is -0.244. The molecule has 5 rings (SSSR count). The van der Waals surface area contributed by atoms with Crippen molar-refractivity contribution in [3.63, 3.8) is 0 Å². The van der Waals surface area contributed by atoms with Crippen molar-refractivity contribution in [3.8, 4) is 0 Å². The predicted molar refractivity (Wildman–Crippen MR) is 197 cm³/mol. The average Bonchev–Trinajstić information content (AvgIpc) is 3.44. The second kappa shape index (κ2) is 18.0. The van der Waals surface area contributed by atoms with Gasteiger partial charge >= 0.3 is 0 Å². The van der Waals surface area contributed by atoms with E-state index in [0.717, 1.165) is 65.0 Å². The van der Waals surface area contributed by atoms with Gasteiger partial charge < -0.3 is 36.1 Å². The summed E-state index contributed by atoms with van der Waals surface area (Å²) in [5.41, 5.74) is 18.5.